The molecule has 2 aliphatic rings. The maximum Gasteiger partial charge on any atom is 0.312 e. The molecule has 21 heavy (non-hydrogen) atoms. The summed E-state index contributed by atoms with van der Waals surface area (Å²) < 4.78 is 0. The Morgan fingerprint density at radius 2 is 2.14 bits per heavy atom. The highest BCUT2D eigenvalue weighted by Crippen LogP contribution is 2.37. The Labute approximate surface area is 123 Å². The van der Waals surface area contributed by atoms with E-state index >= 15 is 0 Å². The average Bonchev–Trinajstić information content (AvgIpc) is 2.88. The van der Waals surface area contributed by atoms with Crippen LogP contribution in [-0.2, 0) is 9.59 Å². The van der Waals surface area contributed by atoms with E-state index in [4.69, 9.17) is 0 Å². The van der Waals surface area contributed by atoms with Gasteiger partial charge in [-0.25, -0.2) is 0 Å². The van der Waals surface area contributed by atoms with Crippen molar-refractivity contribution in [3.05, 3.63) is 29.8 Å². The van der Waals surface area contributed by atoms with Crippen molar-refractivity contribution in [1.82, 2.24) is 5.32 Å². The maximum atomic E-state index is 12.5. The number of rotatable bonds is 3. The summed E-state index contributed by atoms with van der Waals surface area (Å²) in [5, 5.41) is 12.6. The Hall–Kier alpha value is -1.88. The lowest BCUT2D eigenvalue weighted by Crippen LogP contribution is -2.36. The zero-order valence-electron chi connectivity index (χ0n) is 11.9. The van der Waals surface area contributed by atoms with Gasteiger partial charge >= 0.3 is 5.97 Å². The fourth-order valence-electron chi connectivity index (χ4n) is 3.31. The van der Waals surface area contributed by atoms with Gasteiger partial charge in [-0.2, -0.15) is 0 Å². The first-order chi connectivity index (χ1) is 10.2. The summed E-state index contributed by atoms with van der Waals surface area (Å²) in [5.41, 5.74) is 1.51. The first-order valence-electron chi connectivity index (χ1n) is 7.49. The van der Waals surface area contributed by atoms with Crippen molar-refractivity contribution in [1.29, 1.82) is 0 Å². The second kappa shape index (κ2) is 5.85. The minimum atomic E-state index is -0.864. The molecule has 2 N–H and O–H groups in total. The molecular weight excluding hydrogens is 268 g/mol. The number of hydrogen-bond acceptors (Lipinski definition) is 3. The molecule has 0 bridgehead atoms. The highest BCUT2D eigenvalue weighted by Gasteiger charge is 2.36. The Morgan fingerprint density at radius 1 is 1.33 bits per heavy atom. The molecule has 1 aromatic rings. The third-order valence-corrected chi connectivity index (χ3v) is 4.43. The van der Waals surface area contributed by atoms with Crippen LogP contribution >= 0.6 is 0 Å². The molecule has 5 nitrogen and oxygen atoms in total. The fourth-order valence-corrected chi connectivity index (χ4v) is 3.31. The number of carboxylic acids is 1. The van der Waals surface area contributed by atoms with E-state index in [0.29, 0.717) is 12.3 Å². The molecule has 1 fully saturated rings. The number of fused-ring (bicyclic) bond motifs is 1. The van der Waals surface area contributed by atoms with Gasteiger partial charge in [0.15, 0.2) is 0 Å². The molecule has 0 saturated carbocycles. The summed E-state index contributed by atoms with van der Waals surface area (Å²) in [7, 11) is 0. The second-order valence-corrected chi connectivity index (χ2v) is 5.87. The predicted molar refractivity (Wildman–Crippen MR) is 79.4 cm³/mol. The number of aliphatic carboxylic acids is 1. The molecule has 2 atom stereocenters. The monoisotopic (exact) mass is 288 g/mol. The minimum absolute atomic E-state index is 0.0416. The van der Waals surface area contributed by atoms with E-state index in [9.17, 15) is 14.7 Å². The summed E-state index contributed by atoms with van der Waals surface area (Å²) in [6, 6.07) is 7.33. The molecule has 5 heteroatoms. The quantitative estimate of drug-likeness (QED) is 0.886. The van der Waals surface area contributed by atoms with E-state index in [0.717, 1.165) is 37.2 Å². The summed E-state index contributed by atoms with van der Waals surface area (Å²) in [4.78, 5) is 25.6. The SMILES string of the molecule is O=C(O)C1CN(C(=O)CC2CCCNC2)c2ccccc21. The van der Waals surface area contributed by atoms with Crippen LogP contribution in [0.4, 0.5) is 5.69 Å². The number of amides is 1. The van der Waals surface area contributed by atoms with Crippen LogP contribution in [0.3, 0.4) is 0 Å². The van der Waals surface area contributed by atoms with E-state index in [1.165, 1.54) is 0 Å². The number of nitrogens with one attached hydrogen (secondary N) is 1. The average molecular weight is 288 g/mol. The van der Waals surface area contributed by atoms with Crippen LogP contribution in [0, 0.1) is 5.92 Å². The van der Waals surface area contributed by atoms with E-state index in [-0.39, 0.29) is 12.5 Å². The van der Waals surface area contributed by atoms with Gasteiger partial charge in [-0.15, -0.1) is 0 Å². The first kappa shape index (κ1) is 14.1. The first-order valence-corrected chi connectivity index (χ1v) is 7.49. The third kappa shape index (κ3) is 2.78. The van der Waals surface area contributed by atoms with E-state index < -0.39 is 11.9 Å². The predicted octanol–water partition coefficient (Wildman–Crippen LogP) is 1.59. The third-order valence-electron chi connectivity index (χ3n) is 4.43. The van der Waals surface area contributed by atoms with Gasteiger partial charge in [0.1, 0.15) is 5.92 Å². The molecule has 1 saturated heterocycles. The van der Waals surface area contributed by atoms with Gasteiger partial charge < -0.3 is 15.3 Å². The minimum Gasteiger partial charge on any atom is -0.481 e. The van der Waals surface area contributed by atoms with Crippen LogP contribution in [0.2, 0.25) is 0 Å². The molecule has 2 unspecified atom stereocenters. The van der Waals surface area contributed by atoms with Gasteiger partial charge in [0.25, 0.3) is 0 Å². The van der Waals surface area contributed by atoms with Crippen molar-refractivity contribution in [2.75, 3.05) is 24.5 Å². The lowest BCUT2D eigenvalue weighted by molar-refractivity contribution is -0.138. The summed E-state index contributed by atoms with van der Waals surface area (Å²) in [6.45, 7) is 2.16. The van der Waals surface area contributed by atoms with Gasteiger partial charge in [0.2, 0.25) is 5.91 Å². The van der Waals surface area contributed by atoms with Crippen LogP contribution in [-0.4, -0.2) is 36.6 Å². The molecule has 1 aromatic carbocycles. The van der Waals surface area contributed by atoms with Crippen molar-refractivity contribution in [3.8, 4) is 0 Å². The van der Waals surface area contributed by atoms with Crippen molar-refractivity contribution in [2.45, 2.75) is 25.2 Å². The number of benzene rings is 1. The number of carboxylic acid groups (broad SMARTS) is 1. The fraction of sp³-hybridized carbons (Fsp3) is 0.500. The number of hydrogen-bond donors (Lipinski definition) is 2. The molecule has 0 radical (unpaired) electrons. The Bertz CT molecular complexity index is 552. The molecule has 112 valence electrons. The Morgan fingerprint density at radius 3 is 2.86 bits per heavy atom. The highest BCUT2D eigenvalue weighted by atomic mass is 16.4. The van der Waals surface area contributed by atoms with Crippen molar-refractivity contribution >= 4 is 17.6 Å². The second-order valence-electron chi connectivity index (χ2n) is 5.87. The lowest BCUT2D eigenvalue weighted by atomic mass is 9.95. The van der Waals surface area contributed by atoms with Crippen molar-refractivity contribution in [2.24, 2.45) is 5.92 Å². The van der Waals surface area contributed by atoms with Crippen LogP contribution in [0.1, 0.15) is 30.7 Å². The maximum absolute atomic E-state index is 12.5. The van der Waals surface area contributed by atoms with Crippen LogP contribution < -0.4 is 10.2 Å². The molecule has 1 amide bonds. The van der Waals surface area contributed by atoms with Gasteiger partial charge in [0, 0.05) is 18.7 Å². The zero-order valence-corrected chi connectivity index (χ0v) is 11.9. The van der Waals surface area contributed by atoms with E-state index in [1.54, 1.807) is 4.90 Å². The molecule has 0 aliphatic carbocycles. The van der Waals surface area contributed by atoms with Crippen LogP contribution in [0.25, 0.3) is 0 Å². The lowest BCUT2D eigenvalue weighted by Gasteiger charge is -2.25. The van der Waals surface area contributed by atoms with Crippen molar-refractivity contribution in [3.63, 3.8) is 0 Å². The summed E-state index contributed by atoms with van der Waals surface area (Å²) >= 11 is 0. The van der Waals surface area contributed by atoms with Crippen molar-refractivity contribution < 1.29 is 14.7 Å². The van der Waals surface area contributed by atoms with E-state index in [2.05, 4.69) is 5.32 Å². The van der Waals surface area contributed by atoms with Crippen LogP contribution in [0.15, 0.2) is 24.3 Å². The van der Waals surface area contributed by atoms with Gasteiger partial charge in [0.05, 0.1) is 0 Å². The van der Waals surface area contributed by atoms with Gasteiger partial charge in [-0.1, -0.05) is 18.2 Å². The Kier molecular flexibility index (Phi) is 3.92. The normalized spacial score (nSPS) is 24.7. The smallest absolute Gasteiger partial charge is 0.312 e. The Balaban J connectivity index is 1.76. The summed E-state index contributed by atoms with van der Waals surface area (Å²) in [6.07, 6.45) is 2.66. The number of nitrogens with zero attached hydrogens (tertiary/aromatic N) is 1. The molecule has 2 aliphatic heterocycles. The number of carbonyl (C=O) groups is 2. The molecule has 2 heterocycles. The molecule has 0 aromatic heterocycles. The standard InChI is InChI=1S/C16H20N2O3/c19-15(8-11-4-3-7-17-9-11)18-10-13(16(20)21)12-5-1-2-6-14(12)18/h1-2,5-6,11,13,17H,3-4,7-10H2,(H,20,21). The van der Waals surface area contributed by atoms with Gasteiger partial charge in [-0.05, 0) is 43.5 Å². The number of piperidine rings is 1. The van der Waals surface area contributed by atoms with Crippen LogP contribution in [0.5, 0.6) is 0 Å². The van der Waals surface area contributed by atoms with Gasteiger partial charge in [-0.3, -0.25) is 9.59 Å². The number of para-hydroxylation sites is 1. The number of carbonyl (C=O) groups excluding carboxylic acids is 1. The molecule has 0 spiro atoms. The molecule has 3 rings (SSSR count). The zero-order chi connectivity index (χ0) is 14.8. The highest BCUT2D eigenvalue weighted by molar-refractivity contribution is 5.99. The largest absolute Gasteiger partial charge is 0.481 e. The number of anilines is 1. The topological polar surface area (TPSA) is 69.6 Å². The molecular formula is C16H20N2O3. The summed E-state index contributed by atoms with van der Waals surface area (Å²) in [5.74, 6) is -1.06. The van der Waals surface area contributed by atoms with E-state index in [1.807, 2.05) is 24.3 Å².